The molecule has 0 radical (unpaired) electrons. The molecule has 0 saturated carbocycles. The van der Waals surface area contributed by atoms with Crippen LogP contribution in [0.3, 0.4) is 0 Å². The molecule has 0 aliphatic carbocycles. The van der Waals surface area contributed by atoms with Crippen LogP contribution in [-0.2, 0) is 6.54 Å². The van der Waals surface area contributed by atoms with Gasteiger partial charge in [0.2, 0.25) is 0 Å². The van der Waals surface area contributed by atoms with Crippen molar-refractivity contribution in [1.82, 2.24) is 15.2 Å². The van der Waals surface area contributed by atoms with E-state index in [9.17, 15) is 4.39 Å². The van der Waals surface area contributed by atoms with Gasteiger partial charge in [-0.05, 0) is 30.9 Å². The van der Waals surface area contributed by atoms with Crippen LogP contribution < -0.4 is 5.32 Å². The van der Waals surface area contributed by atoms with Gasteiger partial charge >= 0.3 is 0 Å². The second-order valence-electron chi connectivity index (χ2n) is 5.81. The summed E-state index contributed by atoms with van der Waals surface area (Å²) in [6.07, 6.45) is 6.39. The molecule has 1 unspecified atom stereocenters. The van der Waals surface area contributed by atoms with E-state index in [0.29, 0.717) is 6.04 Å². The SMILES string of the molecule is CCC1CN(Cc2cncc(F)c2)C(CC)(CC)CN1. The molecule has 20 heavy (non-hydrogen) atoms. The van der Waals surface area contributed by atoms with Crippen molar-refractivity contribution in [2.75, 3.05) is 13.1 Å². The van der Waals surface area contributed by atoms with Gasteiger partial charge in [-0.15, -0.1) is 0 Å². The zero-order valence-corrected chi connectivity index (χ0v) is 12.8. The molecule has 2 rings (SSSR count). The van der Waals surface area contributed by atoms with E-state index in [1.54, 1.807) is 12.3 Å². The number of pyridine rings is 1. The van der Waals surface area contributed by atoms with Crippen LogP contribution >= 0.6 is 0 Å². The first-order valence-electron chi connectivity index (χ1n) is 7.71. The van der Waals surface area contributed by atoms with Crippen molar-refractivity contribution >= 4 is 0 Å². The average molecular weight is 279 g/mol. The molecule has 1 fully saturated rings. The van der Waals surface area contributed by atoms with E-state index < -0.39 is 0 Å². The lowest BCUT2D eigenvalue weighted by Gasteiger charge is -2.49. The van der Waals surface area contributed by atoms with Crippen molar-refractivity contribution in [3.63, 3.8) is 0 Å². The normalized spacial score (nSPS) is 22.9. The molecule has 2 heterocycles. The number of hydrogen-bond donors (Lipinski definition) is 1. The lowest BCUT2D eigenvalue weighted by atomic mass is 9.86. The third-order valence-electron chi connectivity index (χ3n) is 4.78. The van der Waals surface area contributed by atoms with Crippen LogP contribution in [-0.4, -0.2) is 34.6 Å². The number of nitrogens with one attached hydrogen (secondary N) is 1. The summed E-state index contributed by atoms with van der Waals surface area (Å²) in [7, 11) is 0. The van der Waals surface area contributed by atoms with E-state index in [1.165, 1.54) is 6.20 Å². The Morgan fingerprint density at radius 2 is 2.10 bits per heavy atom. The van der Waals surface area contributed by atoms with Crippen molar-refractivity contribution in [3.05, 3.63) is 29.8 Å². The third kappa shape index (κ3) is 3.18. The monoisotopic (exact) mass is 279 g/mol. The first-order chi connectivity index (χ1) is 9.63. The Labute approximate surface area is 121 Å². The molecule has 1 aromatic heterocycles. The first kappa shape index (κ1) is 15.4. The van der Waals surface area contributed by atoms with E-state index in [2.05, 4.69) is 36.0 Å². The summed E-state index contributed by atoms with van der Waals surface area (Å²) in [5.41, 5.74) is 1.14. The molecule has 1 atom stereocenters. The molecule has 1 aromatic rings. The van der Waals surface area contributed by atoms with Gasteiger partial charge in [-0.25, -0.2) is 4.39 Å². The molecule has 4 heteroatoms. The lowest BCUT2D eigenvalue weighted by Crippen LogP contribution is -2.63. The molecule has 0 amide bonds. The highest BCUT2D eigenvalue weighted by Gasteiger charge is 2.38. The molecule has 0 spiro atoms. The zero-order chi connectivity index (χ0) is 14.6. The highest BCUT2D eigenvalue weighted by Crippen LogP contribution is 2.29. The van der Waals surface area contributed by atoms with E-state index in [0.717, 1.165) is 44.5 Å². The number of rotatable bonds is 5. The Bertz CT molecular complexity index is 431. The Hall–Kier alpha value is -1.00. The first-order valence-corrected chi connectivity index (χ1v) is 7.71. The van der Waals surface area contributed by atoms with Gasteiger partial charge in [-0.3, -0.25) is 9.88 Å². The van der Waals surface area contributed by atoms with Gasteiger partial charge in [-0.1, -0.05) is 20.8 Å². The van der Waals surface area contributed by atoms with Crippen LogP contribution in [0.4, 0.5) is 4.39 Å². The predicted octanol–water partition coefficient (Wildman–Crippen LogP) is 2.96. The number of aromatic nitrogens is 1. The highest BCUT2D eigenvalue weighted by atomic mass is 19.1. The molecular weight excluding hydrogens is 253 g/mol. The molecule has 0 aromatic carbocycles. The maximum absolute atomic E-state index is 13.3. The van der Waals surface area contributed by atoms with Crippen molar-refractivity contribution < 1.29 is 4.39 Å². The van der Waals surface area contributed by atoms with Crippen molar-refractivity contribution in [2.45, 2.75) is 58.2 Å². The van der Waals surface area contributed by atoms with Crippen molar-refractivity contribution in [2.24, 2.45) is 0 Å². The van der Waals surface area contributed by atoms with Gasteiger partial charge in [0.05, 0.1) is 6.20 Å². The third-order valence-corrected chi connectivity index (χ3v) is 4.78. The van der Waals surface area contributed by atoms with Crippen LogP contribution in [0.1, 0.15) is 45.6 Å². The summed E-state index contributed by atoms with van der Waals surface area (Å²) < 4.78 is 13.3. The summed E-state index contributed by atoms with van der Waals surface area (Å²) in [6.45, 7) is 9.52. The fourth-order valence-corrected chi connectivity index (χ4v) is 3.19. The average Bonchev–Trinajstić information content (AvgIpc) is 2.47. The minimum Gasteiger partial charge on any atom is -0.311 e. The molecule has 112 valence electrons. The van der Waals surface area contributed by atoms with Gasteiger partial charge in [0.1, 0.15) is 5.82 Å². The number of halogens is 1. The van der Waals surface area contributed by atoms with Gasteiger partial charge in [-0.2, -0.15) is 0 Å². The molecule has 1 saturated heterocycles. The molecule has 1 N–H and O–H groups in total. The van der Waals surface area contributed by atoms with Gasteiger partial charge in [0, 0.05) is 37.4 Å². The van der Waals surface area contributed by atoms with Crippen molar-refractivity contribution in [3.8, 4) is 0 Å². The lowest BCUT2D eigenvalue weighted by molar-refractivity contribution is 0.0236. The number of hydrogen-bond acceptors (Lipinski definition) is 3. The Balaban J connectivity index is 2.18. The minimum atomic E-state index is -0.247. The summed E-state index contributed by atoms with van der Waals surface area (Å²) in [5.74, 6) is -0.247. The van der Waals surface area contributed by atoms with E-state index in [1.807, 2.05) is 0 Å². The molecular formula is C16H26FN3. The van der Waals surface area contributed by atoms with Crippen molar-refractivity contribution in [1.29, 1.82) is 0 Å². The van der Waals surface area contributed by atoms with E-state index >= 15 is 0 Å². The van der Waals surface area contributed by atoms with Crippen LogP contribution in [0, 0.1) is 5.82 Å². The quantitative estimate of drug-likeness (QED) is 0.898. The molecule has 3 nitrogen and oxygen atoms in total. The van der Waals surface area contributed by atoms with Crippen LogP contribution in [0.5, 0.6) is 0 Å². The zero-order valence-electron chi connectivity index (χ0n) is 12.8. The fraction of sp³-hybridized carbons (Fsp3) is 0.688. The smallest absolute Gasteiger partial charge is 0.141 e. The standard InChI is InChI=1S/C16H26FN3/c1-4-15-11-20(16(5-2,6-3)12-19-15)10-13-7-14(17)9-18-8-13/h7-9,15,19H,4-6,10-12H2,1-3H3. The molecule has 1 aliphatic heterocycles. The summed E-state index contributed by atoms with van der Waals surface area (Å²) in [4.78, 5) is 6.49. The Morgan fingerprint density at radius 3 is 2.70 bits per heavy atom. The minimum absolute atomic E-state index is 0.179. The maximum Gasteiger partial charge on any atom is 0.141 e. The largest absolute Gasteiger partial charge is 0.311 e. The predicted molar refractivity (Wildman–Crippen MR) is 80.0 cm³/mol. The fourth-order valence-electron chi connectivity index (χ4n) is 3.19. The van der Waals surface area contributed by atoms with Gasteiger partial charge in [0.15, 0.2) is 0 Å². The highest BCUT2D eigenvalue weighted by molar-refractivity contribution is 5.12. The van der Waals surface area contributed by atoms with Crippen LogP contribution in [0.15, 0.2) is 18.5 Å². The van der Waals surface area contributed by atoms with E-state index in [4.69, 9.17) is 0 Å². The van der Waals surface area contributed by atoms with Gasteiger partial charge in [0.25, 0.3) is 0 Å². The molecule has 1 aliphatic rings. The Morgan fingerprint density at radius 1 is 1.35 bits per heavy atom. The summed E-state index contributed by atoms with van der Waals surface area (Å²) in [5, 5.41) is 3.66. The van der Waals surface area contributed by atoms with Gasteiger partial charge < -0.3 is 5.32 Å². The maximum atomic E-state index is 13.3. The second kappa shape index (κ2) is 6.64. The molecule has 0 bridgehead atoms. The number of nitrogens with zero attached hydrogens (tertiary/aromatic N) is 2. The number of piperazine rings is 1. The van der Waals surface area contributed by atoms with E-state index in [-0.39, 0.29) is 11.4 Å². The van der Waals surface area contributed by atoms with Crippen LogP contribution in [0.2, 0.25) is 0 Å². The Kier molecular flexibility index (Phi) is 5.11. The topological polar surface area (TPSA) is 28.2 Å². The second-order valence-corrected chi connectivity index (χ2v) is 5.81. The summed E-state index contributed by atoms with van der Waals surface area (Å²) in [6, 6.07) is 2.13. The van der Waals surface area contributed by atoms with Crippen LogP contribution in [0.25, 0.3) is 0 Å². The summed E-state index contributed by atoms with van der Waals surface area (Å²) >= 11 is 0.